The third kappa shape index (κ3) is 2.78. The van der Waals surface area contributed by atoms with E-state index in [1.54, 1.807) is 22.8 Å². The molecule has 0 atom stereocenters. The molecule has 2 aromatic rings. The summed E-state index contributed by atoms with van der Waals surface area (Å²) in [5.41, 5.74) is 1.16. The van der Waals surface area contributed by atoms with Crippen LogP contribution in [0, 0.1) is 5.82 Å². The summed E-state index contributed by atoms with van der Waals surface area (Å²) in [6.07, 6.45) is 6.32. The van der Waals surface area contributed by atoms with Gasteiger partial charge in [-0.15, -0.1) is 0 Å². The molecule has 1 amide bonds. The second kappa shape index (κ2) is 5.60. The van der Waals surface area contributed by atoms with E-state index in [4.69, 9.17) is 0 Å². The van der Waals surface area contributed by atoms with Gasteiger partial charge < -0.3 is 0 Å². The molecular weight excluding hydrogens is 247 g/mol. The molecule has 100 valence electrons. The maximum absolute atomic E-state index is 13.1. The Bertz CT molecular complexity index is 582. The average Bonchev–Trinajstić information content (AvgIpc) is 2.89. The number of hydrogen-bond acceptors (Lipinski definition) is 3. The van der Waals surface area contributed by atoms with Crippen molar-refractivity contribution in [1.82, 2.24) is 14.6 Å². The summed E-state index contributed by atoms with van der Waals surface area (Å²) in [5, 5.41) is 1.57. The molecule has 2 heterocycles. The van der Waals surface area contributed by atoms with E-state index >= 15 is 0 Å². The van der Waals surface area contributed by atoms with Crippen LogP contribution < -0.4 is 5.01 Å². The molecule has 0 N–H and O–H groups in total. The van der Waals surface area contributed by atoms with Gasteiger partial charge in [-0.3, -0.25) is 9.78 Å². The predicted octanol–water partition coefficient (Wildman–Crippen LogP) is 1.98. The van der Waals surface area contributed by atoms with E-state index in [-0.39, 0.29) is 5.91 Å². The lowest BCUT2D eigenvalue weighted by Crippen LogP contribution is -2.38. The Balaban J connectivity index is 2.30. The Morgan fingerprint density at radius 2 is 2.21 bits per heavy atom. The van der Waals surface area contributed by atoms with Crippen LogP contribution >= 0.6 is 0 Å². The Morgan fingerprint density at radius 1 is 1.42 bits per heavy atom. The van der Waals surface area contributed by atoms with Crippen molar-refractivity contribution in [3.8, 4) is 11.3 Å². The Labute approximate surface area is 110 Å². The first-order chi connectivity index (χ1) is 9.15. The summed E-state index contributed by atoms with van der Waals surface area (Å²) in [6, 6.07) is 1.36. The van der Waals surface area contributed by atoms with E-state index in [0.717, 1.165) is 6.20 Å². The molecular formula is C13H15FN4O. The van der Waals surface area contributed by atoms with Crippen LogP contribution in [0.1, 0.15) is 20.3 Å². The van der Waals surface area contributed by atoms with Gasteiger partial charge in [-0.2, -0.15) is 0 Å². The molecule has 0 bridgehead atoms. The maximum Gasteiger partial charge on any atom is 0.241 e. The Kier molecular flexibility index (Phi) is 3.89. The zero-order valence-electron chi connectivity index (χ0n) is 10.9. The van der Waals surface area contributed by atoms with Gasteiger partial charge in [-0.25, -0.2) is 19.1 Å². The Hall–Kier alpha value is -2.24. The minimum Gasteiger partial charge on any atom is -0.273 e. The molecule has 6 heteroatoms. The van der Waals surface area contributed by atoms with E-state index in [1.165, 1.54) is 18.6 Å². The second-order valence-corrected chi connectivity index (χ2v) is 3.99. The van der Waals surface area contributed by atoms with Crippen LogP contribution in [-0.2, 0) is 4.79 Å². The van der Waals surface area contributed by atoms with Crippen molar-refractivity contribution < 1.29 is 9.18 Å². The molecule has 19 heavy (non-hydrogen) atoms. The SMILES string of the molecule is CCC(=O)N(CC)n1cnc(-c2cncc(F)c2)c1. The van der Waals surface area contributed by atoms with Gasteiger partial charge in [0.05, 0.1) is 18.1 Å². The number of aromatic nitrogens is 3. The number of nitrogens with zero attached hydrogens (tertiary/aromatic N) is 4. The second-order valence-electron chi connectivity index (χ2n) is 3.99. The van der Waals surface area contributed by atoms with Crippen LogP contribution in [0.25, 0.3) is 11.3 Å². The lowest BCUT2D eigenvalue weighted by atomic mass is 10.2. The molecule has 0 aliphatic rings. The van der Waals surface area contributed by atoms with Crippen LogP contribution in [0.5, 0.6) is 0 Å². The highest BCUT2D eigenvalue weighted by atomic mass is 19.1. The predicted molar refractivity (Wildman–Crippen MR) is 69.5 cm³/mol. The first-order valence-corrected chi connectivity index (χ1v) is 6.11. The van der Waals surface area contributed by atoms with Crippen LogP contribution in [0.15, 0.2) is 31.0 Å². The molecule has 0 spiro atoms. The van der Waals surface area contributed by atoms with Gasteiger partial charge in [0.25, 0.3) is 0 Å². The summed E-state index contributed by atoms with van der Waals surface area (Å²) in [5.74, 6) is -0.409. The Morgan fingerprint density at radius 3 is 2.84 bits per heavy atom. The van der Waals surface area contributed by atoms with E-state index in [0.29, 0.717) is 24.2 Å². The summed E-state index contributed by atoms with van der Waals surface area (Å²) >= 11 is 0. The third-order valence-electron chi connectivity index (χ3n) is 2.74. The lowest BCUT2D eigenvalue weighted by Gasteiger charge is -2.20. The largest absolute Gasteiger partial charge is 0.273 e. The van der Waals surface area contributed by atoms with Gasteiger partial charge >= 0.3 is 0 Å². The number of hydrogen-bond donors (Lipinski definition) is 0. The molecule has 0 radical (unpaired) electrons. The average molecular weight is 262 g/mol. The minimum absolute atomic E-state index is 0.00353. The van der Waals surface area contributed by atoms with Crippen molar-refractivity contribution in [2.24, 2.45) is 0 Å². The molecule has 0 saturated heterocycles. The van der Waals surface area contributed by atoms with Crippen LogP contribution in [0.2, 0.25) is 0 Å². The maximum atomic E-state index is 13.1. The quantitative estimate of drug-likeness (QED) is 0.846. The molecule has 2 rings (SSSR count). The van der Waals surface area contributed by atoms with Gasteiger partial charge in [-0.1, -0.05) is 6.92 Å². The highest BCUT2D eigenvalue weighted by Crippen LogP contribution is 2.16. The van der Waals surface area contributed by atoms with Crippen molar-refractivity contribution in [2.45, 2.75) is 20.3 Å². The highest BCUT2D eigenvalue weighted by Gasteiger charge is 2.13. The van der Waals surface area contributed by atoms with E-state index in [9.17, 15) is 9.18 Å². The van der Waals surface area contributed by atoms with E-state index in [1.807, 2.05) is 6.92 Å². The van der Waals surface area contributed by atoms with E-state index in [2.05, 4.69) is 9.97 Å². The molecule has 0 aromatic carbocycles. The van der Waals surface area contributed by atoms with Gasteiger partial charge in [0.1, 0.15) is 12.1 Å². The molecule has 0 aliphatic carbocycles. The fourth-order valence-electron chi connectivity index (χ4n) is 1.80. The van der Waals surface area contributed by atoms with Crippen LogP contribution in [0.3, 0.4) is 0 Å². The van der Waals surface area contributed by atoms with E-state index < -0.39 is 5.82 Å². The van der Waals surface area contributed by atoms with Crippen molar-refractivity contribution in [2.75, 3.05) is 11.6 Å². The van der Waals surface area contributed by atoms with Gasteiger partial charge in [0.15, 0.2) is 0 Å². The molecule has 5 nitrogen and oxygen atoms in total. The topological polar surface area (TPSA) is 51.0 Å². The lowest BCUT2D eigenvalue weighted by molar-refractivity contribution is -0.119. The highest BCUT2D eigenvalue weighted by molar-refractivity contribution is 5.85. The number of carbonyl (C=O) groups is 1. The van der Waals surface area contributed by atoms with Crippen molar-refractivity contribution >= 4 is 5.91 Å². The van der Waals surface area contributed by atoms with Gasteiger partial charge in [0, 0.05) is 24.7 Å². The first-order valence-electron chi connectivity index (χ1n) is 6.11. The molecule has 0 fully saturated rings. The number of pyridine rings is 1. The smallest absolute Gasteiger partial charge is 0.241 e. The number of halogens is 1. The van der Waals surface area contributed by atoms with Crippen molar-refractivity contribution in [3.05, 3.63) is 36.8 Å². The molecule has 0 unspecified atom stereocenters. The number of amides is 1. The van der Waals surface area contributed by atoms with Crippen molar-refractivity contribution in [3.63, 3.8) is 0 Å². The van der Waals surface area contributed by atoms with Crippen LogP contribution in [-0.4, -0.2) is 27.1 Å². The minimum atomic E-state index is -0.413. The number of rotatable bonds is 4. The van der Waals surface area contributed by atoms with Crippen LogP contribution in [0.4, 0.5) is 4.39 Å². The number of imidazole rings is 1. The zero-order valence-corrected chi connectivity index (χ0v) is 10.9. The monoisotopic (exact) mass is 262 g/mol. The standard InChI is InChI=1S/C13H15FN4O/c1-3-13(19)18(4-2)17-8-12(16-9-17)10-5-11(14)7-15-6-10/h5-9H,3-4H2,1-2H3. The third-order valence-corrected chi connectivity index (χ3v) is 2.74. The fraction of sp³-hybridized carbons (Fsp3) is 0.308. The fourth-order valence-corrected chi connectivity index (χ4v) is 1.80. The molecule has 0 aliphatic heterocycles. The summed E-state index contributed by atoms with van der Waals surface area (Å²) in [6.45, 7) is 4.24. The normalized spacial score (nSPS) is 10.5. The molecule has 2 aromatic heterocycles. The summed E-state index contributed by atoms with van der Waals surface area (Å²) in [7, 11) is 0. The first kappa shape index (κ1) is 13.2. The zero-order chi connectivity index (χ0) is 13.8. The molecule has 0 saturated carbocycles. The summed E-state index contributed by atoms with van der Waals surface area (Å²) < 4.78 is 14.7. The number of carbonyl (C=O) groups excluding carboxylic acids is 1. The van der Waals surface area contributed by atoms with Gasteiger partial charge in [-0.05, 0) is 13.0 Å². The summed E-state index contributed by atoms with van der Waals surface area (Å²) in [4.78, 5) is 19.7. The van der Waals surface area contributed by atoms with Gasteiger partial charge in [0.2, 0.25) is 5.91 Å². The van der Waals surface area contributed by atoms with Crippen molar-refractivity contribution in [1.29, 1.82) is 0 Å².